The lowest BCUT2D eigenvalue weighted by Gasteiger charge is -2.45. The molecule has 3 N–H and O–H groups in total. The molecule has 1 aromatic carbocycles. The summed E-state index contributed by atoms with van der Waals surface area (Å²) in [5, 5.41) is 36.3. The summed E-state index contributed by atoms with van der Waals surface area (Å²) in [6.45, 7) is 9.39. The van der Waals surface area contributed by atoms with E-state index in [1.54, 1.807) is 23.1 Å². The van der Waals surface area contributed by atoms with Crippen LogP contribution in [0.3, 0.4) is 0 Å². The minimum atomic E-state index is -0.462. The number of nitrogens with one attached hydrogen (secondary N) is 1. The van der Waals surface area contributed by atoms with Crippen LogP contribution in [0.2, 0.25) is 0 Å². The van der Waals surface area contributed by atoms with E-state index in [1.165, 1.54) is 0 Å². The quantitative estimate of drug-likeness (QED) is 0.371. The normalized spacial score (nSPS) is 21.4. The van der Waals surface area contributed by atoms with Gasteiger partial charge >= 0.3 is 0 Å². The molecule has 3 aromatic rings. The fourth-order valence-electron chi connectivity index (χ4n) is 6.02. The highest BCUT2D eigenvalue weighted by atomic mass is 16.5. The number of hydrogen-bond acceptors (Lipinski definition) is 11. The van der Waals surface area contributed by atoms with Gasteiger partial charge in [0.05, 0.1) is 23.5 Å². The van der Waals surface area contributed by atoms with Crippen LogP contribution in [-0.4, -0.2) is 106 Å². The van der Waals surface area contributed by atoms with Crippen molar-refractivity contribution in [2.45, 2.75) is 38.3 Å². The summed E-state index contributed by atoms with van der Waals surface area (Å²) in [6.07, 6.45) is 0.142. The first kappa shape index (κ1) is 27.3. The van der Waals surface area contributed by atoms with E-state index in [2.05, 4.69) is 30.5 Å². The molecule has 12 heteroatoms. The molecule has 2 aromatic heterocycles. The Kier molecular flexibility index (Phi) is 7.67. The van der Waals surface area contributed by atoms with Gasteiger partial charge in [-0.15, -0.1) is 10.2 Å². The molecule has 3 aliphatic heterocycles. The van der Waals surface area contributed by atoms with E-state index < -0.39 is 12.0 Å². The molecule has 0 radical (unpaired) electrons. The Bertz CT molecular complexity index is 1380. The highest BCUT2D eigenvalue weighted by Crippen LogP contribution is 2.36. The van der Waals surface area contributed by atoms with Gasteiger partial charge in [0.1, 0.15) is 18.3 Å². The molecule has 0 saturated carbocycles. The van der Waals surface area contributed by atoms with Crippen LogP contribution in [0.4, 0.5) is 11.5 Å². The van der Waals surface area contributed by atoms with Crippen LogP contribution in [-0.2, 0) is 4.79 Å². The molecule has 2 saturated heterocycles. The summed E-state index contributed by atoms with van der Waals surface area (Å²) in [6, 6.07) is 11.1. The third-order valence-corrected chi connectivity index (χ3v) is 8.21. The smallest absolute Gasteiger partial charge is 0.254 e. The number of aliphatic hydroxyl groups is 1. The summed E-state index contributed by atoms with van der Waals surface area (Å²) < 4.78 is 11.5. The maximum Gasteiger partial charge on any atom is 0.254 e. The first-order chi connectivity index (χ1) is 19.9. The Morgan fingerprint density at radius 2 is 2.02 bits per heavy atom. The highest BCUT2D eigenvalue weighted by Gasteiger charge is 2.36. The second kappa shape index (κ2) is 11.5. The minimum absolute atomic E-state index is 0.0204. The van der Waals surface area contributed by atoms with Gasteiger partial charge in [-0.2, -0.15) is 0 Å². The lowest BCUT2D eigenvalue weighted by molar-refractivity contribution is -0.133. The number of β-amino-alcohol motifs (C(OH)–C–C–N with tert-alkyl or cyclic N) is 1. The van der Waals surface area contributed by atoms with Gasteiger partial charge in [-0.1, -0.05) is 26.0 Å². The number of para-hydroxylation sites is 1. The van der Waals surface area contributed by atoms with Crippen LogP contribution in [0, 0.1) is 5.92 Å². The van der Waals surface area contributed by atoms with Gasteiger partial charge in [0.25, 0.3) is 5.88 Å². The van der Waals surface area contributed by atoms with Crippen molar-refractivity contribution in [2.75, 3.05) is 62.6 Å². The molecule has 3 aliphatic rings. The van der Waals surface area contributed by atoms with Gasteiger partial charge in [0.15, 0.2) is 11.6 Å². The molecule has 0 bridgehead atoms. The number of aromatic nitrogens is 3. The first-order valence-electron chi connectivity index (χ1n) is 14.3. The Balaban J connectivity index is 1.04. The first-order valence-corrected chi connectivity index (χ1v) is 14.3. The maximum atomic E-state index is 13.1. The van der Waals surface area contributed by atoms with Crippen LogP contribution in [0.5, 0.6) is 11.6 Å². The van der Waals surface area contributed by atoms with E-state index in [1.807, 2.05) is 32.0 Å². The predicted molar refractivity (Wildman–Crippen MR) is 152 cm³/mol. The van der Waals surface area contributed by atoms with Crippen molar-refractivity contribution >= 4 is 17.4 Å². The van der Waals surface area contributed by atoms with Gasteiger partial charge in [-0.05, 0) is 35.7 Å². The number of amides is 1. The fourth-order valence-corrected chi connectivity index (χ4v) is 6.02. The topological polar surface area (TPSA) is 140 Å². The monoisotopic (exact) mass is 563 g/mol. The largest absolute Gasteiger partial charge is 0.507 e. The molecule has 218 valence electrons. The van der Waals surface area contributed by atoms with E-state index in [-0.39, 0.29) is 23.6 Å². The Labute approximate surface area is 238 Å². The zero-order valence-electron chi connectivity index (χ0n) is 23.4. The van der Waals surface area contributed by atoms with Gasteiger partial charge in [0, 0.05) is 57.4 Å². The van der Waals surface area contributed by atoms with Crippen molar-refractivity contribution in [1.82, 2.24) is 25.2 Å². The predicted octanol–water partition coefficient (Wildman–Crippen LogP) is 2.17. The number of nitrogens with zero attached hydrogens (tertiary/aromatic N) is 6. The van der Waals surface area contributed by atoms with E-state index in [0.29, 0.717) is 49.0 Å². The molecule has 0 unspecified atom stereocenters. The average molecular weight is 564 g/mol. The number of piperazine rings is 1. The molecule has 12 nitrogen and oxygen atoms in total. The number of carbonyl (C=O) groups excluding carboxylic acids is 1. The maximum absolute atomic E-state index is 13.1. The number of phenols is 1. The summed E-state index contributed by atoms with van der Waals surface area (Å²) in [7, 11) is 0. The molecule has 6 rings (SSSR count). The number of anilines is 2. The second-order valence-electron chi connectivity index (χ2n) is 11.4. The number of benzene rings is 1. The van der Waals surface area contributed by atoms with Crippen LogP contribution in [0.15, 0.2) is 40.9 Å². The molecule has 3 atom stereocenters. The molecule has 0 spiro atoms. The molecule has 0 aliphatic carbocycles. The molecule has 5 heterocycles. The SMILES string of the molecule is CC(C)[C@@H](C(=O)N1CC[C@@H](O)C1)c1cc(OCCN2CCN3c4cc(-c5ccccc5O)nnc4NC[C@H]3C2)no1. The zero-order valence-corrected chi connectivity index (χ0v) is 23.4. The average Bonchev–Trinajstić information content (AvgIpc) is 3.62. The molecule has 2 fully saturated rings. The van der Waals surface area contributed by atoms with Crippen molar-refractivity contribution in [2.24, 2.45) is 5.92 Å². The third-order valence-electron chi connectivity index (χ3n) is 8.21. The summed E-state index contributed by atoms with van der Waals surface area (Å²) >= 11 is 0. The zero-order chi connectivity index (χ0) is 28.5. The number of phenolic OH excluding ortho intramolecular Hbond substituents is 1. The number of rotatable bonds is 8. The van der Waals surface area contributed by atoms with Crippen LogP contribution in [0.25, 0.3) is 11.3 Å². The van der Waals surface area contributed by atoms with Gasteiger partial charge in [0.2, 0.25) is 5.91 Å². The number of likely N-dealkylation sites (tertiary alicyclic amines) is 1. The molecule has 1 amide bonds. The Morgan fingerprint density at radius 1 is 1.17 bits per heavy atom. The molecular weight excluding hydrogens is 526 g/mol. The van der Waals surface area contributed by atoms with Crippen LogP contribution in [0.1, 0.15) is 31.9 Å². The van der Waals surface area contributed by atoms with Gasteiger partial charge in [-0.25, -0.2) is 0 Å². The van der Waals surface area contributed by atoms with Gasteiger partial charge in [-0.3, -0.25) is 9.69 Å². The fraction of sp³-hybridized carbons (Fsp3) is 0.517. The highest BCUT2D eigenvalue weighted by molar-refractivity contribution is 5.83. The van der Waals surface area contributed by atoms with Crippen molar-refractivity contribution in [3.8, 4) is 22.9 Å². The summed E-state index contributed by atoms with van der Waals surface area (Å²) in [4.78, 5) is 19.6. The number of aromatic hydroxyl groups is 1. The van der Waals surface area contributed by atoms with Crippen molar-refractivity contribution in [3.05, 3.63) is 42.2 Å². The van der Waals surface area contributed by atoms with Crippen molar-refractivity contribution in [3.63, 3.8) is 0 Å². The number of ether oxygens (including phenoxy) is 1. The number of fused-ring (bicyclic) bond motifs is 3. The van der Waals surface area contributed by atoms with Crippen LogP contribution < -0.4 is 15.0 Å². The van der Waals surface area contributed by atoms with E-state index in [0.717, 1.165) is 44.2 Å². The summed E-state index contributed by atoms with van der Waals surface area (Å²) in [5.74, 6) is 1.33. The van der Waals surface area contributed by atoms with Crippen molar-refractivity contribution < 1.29 is 24.3 Å². The van der Waals surface area contributed by atoms with E-state index in [9.17, 15) is 15.0 Å². The van der Waals surface area contributed by atoms with Gasteiger partial charge < -0.3 is 34.6 Å². The standard InChI is InChI=1S/C29H37N7O5/c1-18(2)27(29(39)35-8-7-20(37)17-35)25-14-26(33-41-25)40-12-11-34-9-10-36-19(16-34)15-30-28-23(36)13-22(31-32-28)21-5-3-4-6-24(21)38/h3-6,13-14,18-20,27,37-38H,7-12,15-17H2,1-2H3,(H,30,32)/t19-,20+,27+/m0/s1. The number of hydrogen-bond donors (Lipinski definition) is 3. The lowest BCUT2D eigenvalue weighted by Crippen LogP contribution is -2.58. The number of aliphatic hydroxyl groups excluding tert-OH is 1. The summed E-state index contributed by atoms with van der Waals surface area (Å²) in [5.41, 5.74) is 2.31. The van der Waals surface area contributed by atoms with Crippen molar-refractivity contribution in [1.29, 1.82) is 0 Å². The molecule has 41 heavy (non-hydrogen) atoms. The second-order valence-corrected chi connectivity index (χ2v) is 11.4. The van der Waals surface area contributed by atoms with E-state index in [4.69, 9.17) is 9.26 Å². The number of carbonyl (C=O) groups is 1. The Morgan fingerprint density at radius 3 is 2.80 bits per heavy atom. The lowest BCUT2D eigenvalue weighted by atomic mass is 9.92. The van der Waals surface area contributed by atoms with Crippen LogP contribution >= 0.6 is 0 Å². The molecular formula is C29H37N7O5. The minimum Gasteiger partial charge on any atom is -0.507 e. The Hall–Kier alpha value is -3.90. The van der Waals surface area contributed by atoms with E-state index >= 15 is 0 Å². The third kappa shape index (κ3) is 5.66.